The van der Waals surface area contributed by atoms with Crippen LogP contribution in [0.5, 0.6) is 0 Å². The number of aromatic amines is 1. The van der Waals surface area contributed by atoms with Crippen molar-refractivity contribution >= 4 is 16.8 Å². The average Bonchev–Trinajstić information content (AvgIpc) is 3.16. The van der Waals surface area contributed by atoms with Crippen LogP contribution in [0.15, 0.2) is 48.5 Å². The molecule has 164 valence electrons. The van der Waals surface area contributed by atoms with E-state index >= 15 is 0 Å². The van der Waals surface area contributed by atoms with Gasteiger partial charge < -0.3 is 15.0 Å². The number of benzene rings is 2. The van der Waals surface area contributed by atoms with Crippen LogP contribution in [0.25, 0.3) is 22.2 Å². The minimum Gasteiger partial charge on any atom is -0.379 e. The summed E-state index contributed by atoms with van der Waals surface area (Å²) < 4.78 is 18.8. The highest BCUT2D eigenvalue weighted by atomic mass is 19.1. The van der Waals surface area contributed by atoms with Gasteiger partial charge in [0.2, 0.25) is 5.91 Å². The molecule has 0 saturated carbocycles. The molecule has 1 aliphatic heterocycles. The van der Waals surface area contributed by atoms with Crippen molar-refractivity contribution in [2.75, 3.05) is 32.8 Å². The fourth-order valence-corrected chi connectivity index (χ4v) is 4.24. The number of hydrogen-bond donors (Lipinski definition) is 2. The van der Waals surface area contributed by atoms with Crippen molar-refractivity contribution in [1.29, 1.82) is 0 Å². The second-order valence-electron chi connectivity index (χ2n) is 8.72. The van der Waals surface area contributed by atoms with E-state index in [1.54, 1.807) is 12.1 Å². The van der Waals surface area contributed by atoms with Gasteiger partial charge in [-0.3, -0.25) is 9.69 Å². The van der Waals surface area contributed by atoms with Gasteiger partial charge in [0.1, 0.15) is 5.82 Å². The van der Waals surface area contributed by atoms with Crippen molar-refractivity contribution in [1.82, 2.24) is 15.2 Å². The average molecular weight is 424 g/mol. The number of nitrogens with one attached hydrogen (secondary N) is 2. The lowest BCUT2D eigenvalue weighted by atomic mass is 10.00. The predicted octanol–water partition coefficient (Wildman–Crippen LogP) is 4.13. The molecule has 0 unspecified atom stereocenters. The summed E-state index contributed by atoms with van der Waals surface area (Å²) in [4.78, 5) is 18.5. The van der Waals surface area contributed by atoms with Gasteiger partial charge in [0.05, 0.1) is 13.2 Å². The highest BCUT2D eigenvalue weighted by Gasteiger charge is 2.28. The Morgan fingerprint density at radius 1 is 1.13 bits per heavy atom. The summed E-state index contributed by atoms with van der Waals surface area (Å²) in [5.41, 5.74) is 3.86. The Kier molecular flexibility index (Phi) is 6.39. The number of para-hydroxylation sites is 1. The van der Waals surface area contributed by atoms with Crippen LogP contribution in [-0.4, -0.2) is 54.2 Å². The molecule has 5 nitrogen and oxygen atoms in total. The van der Waals surface area contributed by atoms with Crippen LogP contribution in [0.4, 0.5) is 4.39 Å². The number of H-pyrrole nitrogens is 1. The maximum absolute atomic E-state index is 13.4. The Morgan fingerprint density at radius 3 is 2.58 bits per heavy atom. The maximum Gasteiger partial charge on any atom is 0.220 e. The number of fused-ring (bicyclic) bond motifs is 1. The number of aromatic nitrogens is 1. The third-order valence-electron chi connectivity index (χ3n) is 6.13. The van der Waals surface area contributed by atoms with Gasteiger partial charge in [0.15, 0.2) is 0 Å². The van der Waals surface area contributed by atoms with E-state index in [1.165, 1.54) is 12.1 Å². The van der Waals surface area contributed by atoms with Crippen LogP contribution in [0.2, 0.25) is 0 Å². The third kappa shape index (κ3) is 4.97. The second kappa shape index (κ2) is 9.20. The lowest BCUT2D eigenvalue weighted by Gasteiger charge is -2.40. The summed E-state index contributed by atoms with van der Waals surface area (Å²) in [7, 11) is 0. The molecular weight excluding hydrogens is 393 g/mol. The fourth-order valence-electron chi connectivity index (χ4n) is 4.24. The van der Waals surface area contributed by atoms with E-state index in [-0.39, 0.29) is 17.3 Å². The lowest BCUT2D eigenvalue weighted by Crippen LogP contribution is -2.55. The highest BCUT2D eigenvalue weighted by molar-refractivity contribution is 5.91. The van der Waals surface area contributed by atoms with Crippen LogP contribution < -0.4 is 5.32 Å². The first-order valence-electron chi connectivity index (χ1n) is 10.9. The molecule has 1 saturated heterocycles. The number of morpholine rings is 1. The highest BCUT2D eigenvalue weighted by Crippen LogP contribution is 2.31. The maximum atomic E-state index is 13.4. The minimum absolute atomic E-state index is 0.0386. The quantitative estimate of drug-likeness (QED) is 0.601. The monoisotopic (exact) mass is 423 g/mol. The van der Waals surface area contributed by atoms with Crippen LogP contribution in [-0.2, 0) is 16.0 Å². The Bertz CT molecular complexity index is 1040. The zero-order valence-electron chi connectivity index (χ0n) is 18.2. The number of ether oxygens (including phenoxy) is 1. The van der Waals surface area contributed by atoms with E-state index in [9.17, 15) is 9.18 Å². The van der Waals surface area contributed by atoms with Gasteiger partial charge in [-0.2, -0.15) is 0 Å². The second-order valence-corrected chi connectivity index (χ2v) is 8.72. The van der Waals surface area contributed by atoms with Gasteiger partial charge in [0, 0.05) is 48.2 Å². The Labute approximate surface area is 182 Å². The normalized spacial score (nSPS) is 15.3. The first-order chi connectivity index (χ1) is 14.9. The molecule has 2 heterocycles. The minimum atomic E-state index is -0.260. The SMILES string of the molecule is CC(C)(CNC(=O)CCc1c(-c2ccc(F)cc2)[nH]c2ccccc12)N1CCOCC1. The number of halogens is 1. The summed E-state index contributed by atoms with van der Waals surface area (Å²) >= 11 is 0. The molecule has 6 heteroatoms. The molecule has 0 radical (unpaired) electrons. The molecule has 31 heavy (non-hydrogen) atoms. The standard InChI is InChI=1S/C25H30FN3O2/c1-25(2,29-13-15-31-16-14-29)17-27-23(30)12-11-21-20-5-3-4-6-22(20)28-24(21)18-7-9-19(26)10-8-18/h3-10,28H,11-17H2,1-2H3,(H,27,30). The van der Waals surface area contributed by atoms with Crippen molar-refractivity contribution in [2.45, 2.75) is 32.2 Å². The summed E-state index contributed by atoms with van der Waals surface area (Å²) in [5.74, 6) is -0.222. The molecular formula is C25H30FN3O2. The Hall–Kier alpha value is -2.70. The molecule has 0 spiro atoms. The number of rotatable bonds is 7. The van der Waals surface area contributed by atoms with Crippen molar-refractivity contribution in [3.63, 3.8) is 0 Å². The molecule has 2 aromatic carbocycles. The number of aryl methyl sites for hydroxylation is 1. The van der Waals surface area contributed by atoms with E-state index in [0.29, 0.717) is 19.4 Å². The van der Waals surface area contributed by atoms with Gasteiger partial charge in [-0.1, -0.05) is 18.2 Å². The molecule has 1 aromatic heterocycles. The predicted molar refractivity (Wildman–Crippen MR) is 121 cm³/mol. The van der Waals surface area contributed by atoms with E-state index in [4.69, 9.17) is 4.74 Å². The third-order valence-corrected chi connectivity index (χ3v) is 6.13. The van der Waals surface area contributed by atoms with Gasteiger partial charge >= 0.3 is 0 Å². The van der Waals surface area contributed by atoms with Gasteiger partial charge in [-0.05, 0) is 61.7 Å². The van der Waals surface area contributed by atoms with Crippen LogP contribution in [0, 0.1) is 5.82 Å². The largest absolute Gasteiger partial charge is 0.379 e. The number of carbonyl (C=O) groups excluding carboxylic acids is 1. The Morgan fingerprint density at radius 2 is 1.84 bits per heavy atom. The van der Waals surface area contributed by atoms with Crippen molar-refractivity contribution in [3.05, 3.63) is 59.9 Å². The summed E-state index contributed by atoms with van der Waals surface area (Å²) in [6.07, 6.45) is 1.01. The molecule has 1 fully saturated rings. The molecule has 1 amide bonds. The molecule has 0 atom stereocenters. The van der Waals surface area contributed by atoms with E-state index in [2.05, 4.69) is 35.1 Å². The molecule has 2 N–H and O–H groups in total. The summed E-state index contributed by atoms with van der Waals surface area (Å²) in [6, 6.07) is 14.5. The Balaban J connectivity index is 1.45. The van der Waals surface area contributed by atoms with E-state index < -0.39 is 0 Å². The van der Waals surface area contributed by atoms with E-state index in [1.807, 2.05) is 18.2 Å². The zero-order chi connectivity index (χ0) is 21.8. The number of nitrogens with zero attached hydrogens (tertiary/aromatic N) is 1. The molecule has 0 aliphatic carbocycles. The van der Waals surface area contributed by atoms with Crippen molar-refractivity contribution < 1.29 is 13.9 Å². The first kappa shape index (κ1) is 21.5. The number of amides is 1. The van der Waals surface area contributed by atoms with Gasteiger partial charge in [-0.25, -0.2) is 4.39 Å². The zero-order valence-corrected chi connectivity index (χ0v) is 18.2. The summed E-state index contributed by atoms with van der Waals surface area (Å²) in [5, 5.41) is 4.22. The van der Waals surface area contributed by atoms with Crippen LogP contribution >= 0.6 is 0 Å². The molecule has 4 rings (SSSR count). The van der Waals surface area contributed by atoms with Crippen molar-refractivity contribution in [3.8, 4) is 11.3 Å². The molecule has 3 aromatic rings. The number of hydrogen-bond acceptors (Lipinski definition) is 3. The van der Waals surface area contributed by atoms with Gasteiger partial charge in [-0.15, -0.1) is 0 Å². The van der Waals surface area contributed by atoms with Crippen molar-refractivity contribution in [2.24, 2.45) is 0 Å². The first-order valence-corrected chi connectivity index (χ1v) is 10.9. The molecule has 0 bridgehead atoms. The topological polar surface area (TPSA) is 57.4 Å². The number of carbonyl (C=O) groups is 1. The summed E-state index contributed by atoms with van der Waals surface area (Å²) in [6.45, 7) is 8.17. The van der Waals surface area contributed by atoms with Gasteiger partial charge in [0.25, 0.3) is 0 Å². The van der Waals surface area contributed by atoms with E-state index in [0.717, 1.165) is 54.0 Å². The lowest BCUT2D eigenvalue weighted by molar-refractivity contribution is -0.121. The van der Waals surface area contributed by atoms with Crippen LogP contribution in [0.1, 0.15) is 25.8 Å². The van der Waals surface area contributed by atoms with Crippen LogP contribution in [0.3, 0.4) is 0 Å². The molecule has 1 aliphatic rings. The fraction of sp³-hybridized carbons (Fsp3) is 0.400. The smallest absolute Gasteiger partial charge is 0.220 e.